The topological polar surface area (TPSA) is 93.5 Å². The lowest BCUT2D eigenvalue weighted by Gasteiger charge is -2.21. The van der Waals surface area contributed by atoms with Crippen molar-refractivity contribution in [3.63, 3.8) is 0 Å². The minimum Gasteiger partial charge on any atom is -0.486 e. The van der Waals surface area contributed by atoms with E-state index in [9.17, 15) is 9.59 Å². The molecule has 2 aromatic carbocycles. The number of hydrogen-bond donors (Lipinski definition) is 2. The first-order chi connectivity index (χ1) is 16.1. The molecule has 4 rings (SSSR count). The maximum atomic E-state index is 12.4. The molecule has 1 aromatic heterocycles. The Morgan fingerprint density at radius 1 is 1.03 bits per heavy atom. The van der Waals surface area contributed by atoms with Crippen LogP contribution in [0.3, 0.4) is 0 Å². The van der Waals surface area contributed by atoms with Crippen LogP contribution < -0.4 is 15.4 Å². The summed E-state index contributed by atoms with van der Waals surface area (Å²) in [5.41, 5.74) is 2.50. The third kappa shape index (κ3) is 6.22. The van der Waals surface area contributed by atoms with Crippen molar-refractivity contribution in [3.05, 3.63) is 77.2 Å². The Labute approximate surface area is 193 Å². The van der Waals surface area contributed by atoms with Crippen molar-refractivity contribution in [1.82, 2.24) is 10.5 Å². The molecule has 33 heavy (non-hydrogen) atoms. The lowest BCUT2D eigenvalue weighted by Crippen LogP contribution is -2.30. The van der Waals surface area contributed by atoms with Gasteiger partial charge in [0.1, 0.15) is 12.4 Å². The molecule has 0 atom stereocenters. The molecule has 2 N–H and O–H groups in total. The maximum Gasteiger partial charge on any atom is 0.273 e. The molecule has 0 radical (unpaired) electrons. The van der Waals surface area contributed by atoms with E-state index in [-0.39, 0.29) is 24.1 Å². The standard InChI is InChI=1S/C26H29N3O4/c1-18-7-5-6-10-23(18)25(30)28-20-11-13-21(14-12-20)32-17-22-15-24(29-33-22)26(31)27-16-19-8-3-2-4-9-19/h5-7,10-15,19H,2-4,8-9,16-17H2,1H3,(H,27,31)(H,28,30). The molecular formula is C26H29N3O4. The Kier molecular flexibility index (Phi) is 7.40. The molecule has 0 spiro atoms. The van der Waals surface area contributed by atoms with Gasteiger partial charge in [0.05, 0.1) is 0 Å². The average molecular weight is 448 g/mol. The number of ether oxygens (including phenoxy) is 1. The second-order valence-electron chi connectivity index (χ2n) is 8.47. The zero-order valence-corrected chi connectivity index (χ0v) is 18.8. The van der Waals surface area contributed by atoms with Gasteiger partial charge in [-0.05, 0) is 61.6 Å². The molecule has 0 unspecified atom stereocenters. The van der Waals surface area contributed by atoms with Crippen molar-refractivity contribution in [2.24, 2.45) is 5.92 Å². The number of hydrogen-bond acceptors (Lipinski definition) is 5. The van der Waals surface area contributed by atoms with Gasteiger partial charge < -0.3 is 19.9 Å². The van der Waals surface area contributed by atoms with Crippen LogP contribution in [0.1, 0.15) is 64.3 Å². The predicted octanol–water partition coefficient (Wildman–Crippen LogP) is 5.12. The number of benzene rings is 2. The van der Waals surface area contributed by atoms with Gasteiger partial charge in [-0.15, -0.1) is 0 Å². The average Bonchev–Trinajstić information content (AvgIpc) is 3.32. The van der Waals surface area contributed by atoms with E-state index < -0.39 is 0 Å². The Hall–Kier alpha value is -3.61. The summed E-state index contributed by atoms with van der Waals surface area (Å²) in [6.45, 7) is 2.74. The molecular weight excluding hydrogens is 418 g/mol. The lowest BCUT2D eigenvalue weighted by molar-refractivity contribution is 0.0933. The van der Waals surface area contributed by atoms with Crippen LogP contribution in [0.15, 0.2) is 59.1 Å². The van der Waals surface area contributed by atoms with Gasteiger partial charge in [0.2, 0.25) is 0 Å². The zero-order valence-electron chi connectivity index (χ0n) is 18.8. The molecule has 7 nitrogen and oxygen atoms in total. The van der Waals surface area contributed by atoms with Crippen molar-refractivity contribution < 1.29 is 18.8 Å². The summed E-state index contributed by atoms with van der Waals surface area (Å²) < 4.78 is 11.0. The van der Waals surface area contributed by atoms with E-state index in [1.165, 1.54) is 32.1 Å². The minimum atomic E-state index is -0.218. The van der Waals surface area contributed by atoms with Crippen LogP contribution in [0.25, 0.3) is 0 Å². The van der Waals surface area contributed by atoms with Gasteiger partial charge >= 0.3 is 0 Å². The van der Waals surface area contributed by atoms with Gasteiger partial charge in [-0.2, -0.15) is 0 Å². The molecule has 1 heterocycles. The van der Waals surface area contributed by atoms with E-state index in [2.05, 4.69) is 15.8 Å². The van der Waals surface area contributed by atoms with Gasteiger partial charge in [-0.3, -0.25) is 9.59 Å². The Balaban J connectivity index is 1.25. The second-order valence-corrected chi connectivity index (χ2v) is 8.47. The van der Waals surface area contributed by atoms with Crippen LogP contribution in [0.5, 0.6) is 5.75 Å². The van der Waals surface area contributed by atoms with Gasteiger partial charge in [0, 0.05) is 23.9 Å². The molecule has 0 aliphatic heterocycles. The highest BCUT2D eigenvalue weighted by Crippen LogP contribution is 2.23. The first-order valence-electron chi connectivity index (χ1n) is 11.4. The van der Waals surface area contributed by atoms with E-state index >= 15 is 0 Å². The summed E-state index contributed by atoms with van der Waals surface area (Å²) in [5.74, 6) is 1.27. The number of anilines is 1. The number of aryl methyl sites for hydroxylation is 1. The first kappa shape index (κ1) is 22.6. The Bertz CT molecular complexity index is 1080. The normalized spacial score (nSPS) is 14.0. The monoisotopic (exact) mass is 447 g/mol. The fourth-order valence-electron chi connectivity index (χ4n) is 4.02. The van der Waals surface area contributed by atoms with Crippen molar-refractivity contribution >= 4 is 17.5 Å². The lowest BCUT2D eigenvalue weighted by atomic mass is 9.89. The van der Waals surface area contributed by atoms with Crippen LogP contribution in [0, 0.1) is 12.8 Å². The summed E-state index contributed by atoms with van der Waals surface area (Å²) in [6.07, 6.45) is 6.12. The summed E-state index contributed by atoms with van der Waals surface area (Å²) in [7, 11) is 0. The Morgan fingerprint density at radius 3 is 2.55 bits per heavy atom. The minimum absolute atomic E-state index is 0.151. The van der Waals surface area contributed by atoms with Crippen LogP contribution in [-0.2, 0) is 6.61 Å². The molecule has 3 aromatic rings. The number of nitrogens with one attached hydrogen (secondary N) is 2. The van der Waals surface area contributed by atoms with E-state index in [1.54, 1.807) is 36.4 Å². The Morgan fingerprint density at radius 2 is 1.79 bits per heavy atom. The number of carbonyl (C=O) groups excluding carboxylic acids is 2. The molecule has 1 saturated carbocycles. The van der Waals surface area contributed by atoms with E-state index in [0.717, 1.165) is 5.56 Å². The fourth-order valence-corrected chi connectivity index (χ4v) is 4.02. The number of amides is 2. The van der Waals surface area contributed by atoms with E-state index in [0.29, 0.717) is 35.2 Å². The highest BCUT2D eigenvalue weighted by Gasteiger charge is 2.17. The predicted molar refractivity (Wildman–Crippen MR) is 125 cm³/mol. The fraction of sp³-hybridized carbons (Fsp3) is 0.346. The van der Waals surface area contributed by atoms with Crippen LogP contribution >= 0.6 is 0 Å². The zero-order chi connectivity index (χ0) is 23.0. The van der Waals surface area contributed by atoms with Gasteiger partial charge in [-0.1, -0.05) is 42.6 Å². The SMILES string of the molecule is Cc1ccccc1C(=O)Nc1ccc(OCc2cc(C(=O)NCC3CCCCC3)no2)cc1. The van der Waals surface area contributed by atoms with Crippen LogP contribution in [0.2, 0.25) is 0 Å². The third-order valence-corrected chi connectivity index (χ3v) is 5.95. The smallest absolute Gasteiger partial charge is 0.273 e. The van der Waals surface area contributed by atoms with Crippen molar-refractivity contribution in [2.45, 2.75) is 45.6 Å². The summed E-state index contributed by atoms with van der Waals surface area (Å²) in [5, 5.41) is 9.70. The molecule has 1 aliphatic rings. The molecule has 2 amide bonds. The highest BCUT2D eigenvalue weighted by molar-refractivity contribution is 6.05. The number of aromatic nitrogens is 1. The third-order valence-electron chi connectivity index (χ3n) is 5.95. The molecule has 172 valence electrons. The molecule has 1 aliphatic carbocycles. The summed E-state index contributed by atoms with van der Waals surface area (Å²) >= 11 is 0. The molecule has 7 heteroatoms. The highest BCUT2D eigenvalue weighted by atomic mass is 16.5. The van der Waals surface area contributed by atoms with E-state index in [1.807, 2.05) is 25.1 Å². The number of carbonyl (C=O) groups is 2. The molecule has 0 saturated heterocycles. The largest absolute Gasteiger partial charge is 0.486 e. The summed E-state index contributed by atoms with van der Waals surface area (Å²) in [4.78, 5) is 24.7. The van der Waals surface area contributed by atoms with Crippen molar-refractivity contribution in [2.75, 3.05) is 11.9 Å². The second kappa shape index (κ2) is 10.8. The number of nitrogens with zero attached hydrogens (tertiary/aromatic N) is 1. The van der Waals surface area contributed by atoms with Gasteiger partial charge in [-0.25, -0.2) is 0 Å². The van der Waals surface area contributed by atoms with Crippen molar-refractivity contribution in [3.8, 4) is 5.75 Å². The van der Waals surface area contributed by atoms with Crippen molar-refractivity contribution in [1.29, 1.82) is 0 Å². The number of rotatable bonds is 8. The van der Waals surface area contributed by atoms with Gasteiger partial charge in [0.15, 0.2) is 11.5 Å². The van der Waals surface area contributed by atoms with Crippen LogP contribution in [0.4, 0.5) is 5.69 Å². The molecule has 0 bridgehead atoms. The quantitative estimate of drug-likeness (QED) is 0.500. The maximum absolute atomic E-state index is 12.4. The molecule has 1 fully saturated rings. The van der Waals surface area contributed by atoms with Gasteiger partial charge in [0.25, 0.3) is 11.8 Å². The van der Waals surface area contributed by atoms with Crippen LogP contribution in [-0.4, -0.2) is 23.5 Å². The summed E-state index contributed by atoms with van der Waals surface area (Å²) in [6, 6.07) is 16.1. The van der Waals surface area contributed by atoms with E-state index in [4.69, 9.17) is 9.26 Å². The first-order valence-corrected chi connectivity index (χ1v) is 11.4.